The molecule has 106 valence electrons. The van der Waals surface area contributed by atoms with Crippen molar-refractivity contribution in [2.75, 3.05) is 6.54 Å². The lowest BCUT2D eigenvalue weighted by molar-refractivity contribution is 0.0692. The minimum atomic E-state index is -3.79. The molecule has 0 atom stereocenters. The summed E-state index contributed by atoms with van der Waals surface area (Å²) in [7, 11) is -3.79. The highest BCUT2D eigenvalue weighted by atomic mass is 32.2. The molecule has 6 heteroatoms. The first-order valence-electron chi connectivity index (χ1n) is 6.16. The summed E-state index contributed by atoms with van der Waals surface area (Å²) in [4.78, 5) is 11.0. The molecule has 1 rings (SSSR count). The maximum Gasteiger partial charge on any atom is 0.337 e. The van der Waals surface area contributed by atoms with Crippen molar-refractivity contribution in [3.05, 3.63) is 29.8 Å². The predicted octanol–water partition coefficient (Wildman–Crippen LogP) is 2.19. The third kappa shape index (κ3) is 3.33. The summed E-state index contributed by atoms with van der Waals surface area (Å²) >= 11 is 0. The molecule has 0 unspecified atom stereocenters. The lowest BCUT2D eigenvalue weighted by atomic mass is 10.2. The van der Waals surface area contributed by atoms with Crippen molar-refractivity contribution in [1.82, 2.24) is 4.31 Å². The maximum atomic E-state index is 12.6. The molecule has 1 aromatic carbocycles. The van der Waals surface area contributed by atoms with Crippen molar-refractivity contribution in [1.29, 1.82) is 0 Å². The fraction of sp³-hybridized carbons (Fsp3) is 0.462. The van der Waals surface area contributed by atoms with Gasteiger partial charge in [0.1, 0.15) is 0 Å². The monoisotopic (exact) mass is 285 g/mol. The fourth-order valence-electron chi connectivity index (χ4n) is 1.87. The molecule has 0 aliphatic heterocycles. The molecule has 1 N–H and O–H groups in total. The number of rotatable bonds is 6. The number of carbonyl (C=O) groups is 1. The van der Waals surface area contributed by atoms with Gasteiger partial charge in [0.15, 0.2) is 0 Å². The Morgan fingerprint density at radius 2 is 1.89 bits per heavy atom. The Hall–Kier alpha value is -1.40. The van der Waals surface area contributed by atoms with Crippen LogP contribution in [0.1, 0.15) is 37.6 Å². The number of nitrogens with zero attached hydrogens (tertiary/aromatic N) is 1. The number of carboxylic acid groups (broad SMARTS) is 1. The van der Waals surface area contributed by atoms with Crippen molar-refractivity contribution >= 4 is 16.0 Å². The normalized spacial score (nSPS) is 12.1. The van der Waals surface area contributed by atoms with Crippen LogP contribution in [0, 0.1) is 0 Å². The quantitative estimate of drug-likeness (QED) is 0.869. The average molecular weight is 285 g/mol. The van der Waals surface area contributed by atoms with Crippen LogP contribution >= 0.6 is 0 Å². The summed E-state index contributed by atoms with van der Waals surface area (Å²) in [6, 6.07) is 5.47. The Balaban J connectivity index is 3.37. The Morgan fingerprint density at radius 1 is 1.32 bits per heavy atom. The van der Waals surface area contributed by atoms with Gasteiger partial charge in [0, 0.05) is 12.6 Å². The first-order chi connectivity index (χ1) is 8.82. The third-order valence-corrected chi connectivity index (χ3v) is 4.86. The smallest absolute Gasteiger partial charge is 0.337 e. The summed E-state index contributed by atoms with van der Waals surface area (Å²) in [5.41, 5.74) is -0.191. The zero-order valence-corrected chi connectivity index (χ0v) is 12.1. The molecule has 0 bridgehead atoms. The minimum Gasteiger partial charge on any atom is -0.478 e. The van der Waals surface area contributed by atoms with Crippen LogP contribution in [0.4, 0.5) is 0 Å². The van der Waals surface area contributed by atoms with Crippen LogP contribution in [0.5, 0.6) is 0 Å². The molecule has 0 saturated heterocycles. The highest BCUT2D eigenvalue weighted by Crippen LogP contribution is 2.22. The first kappa shape index (κ1) is 15.7. The van der Waals surface area contributed by atoms with E-state index in [0.29, 0.717) is 13.0 Å². The number of aromatic carboxylic acids is 1. The van der Waals surface area contributed by atoms with Gasteiger partial charge in [-0.05, 0) is 32.4 Å². The van der Waals surface area contributed by atoms with Gasteiger partial charge in [0.25, 0.3) is 0 Å². The largest absolute Gasteiger partial charge is 0.478 e. The Kier molecular flexibility index (Phi) is 5.08. The highest BCUT2D eigenvalue weighted by Gasteiger charge is 2.29. The number of benzene rings is 1. The SMILES string of the molecule is CCCN(C(C)C)S(=O)(=O)c1ccccc1C(=O)O. The third-order valence-electron chi connectivity index (χ3n) is 2.72. The van der Waals surface area contributed by atoms with Crippen LogP contribution in [0.3, 0.4) is 0 Å². The van der Waals surface area contributed by atoms with Gasteiger partial charge in [-0.25, -0.2) is 13.2 Å². The highest BCUT2D eigenvalue weighted by molar-refractivity contribution is 7.89. The first-order valence-corrected chi connectivity index (χ1v) is 7.60. The van der Waals surface area contributed by atoms with Crippen LogP contribution in [0.15, 0.2) is 29.2 Å². The number of sulfonamides is 1. The molecular formula is C13H19NO4S. The maximum absolute atomic E-state index is 12.6. The Morgan fingerprint density at radius 3 is 2.37 bits per heavy atom. The molecule has 1 aromatic rings. The second-order valence-electron chi connectivity index (χ2n) is 4.51. The van der Waals surface area contributed by atoms with Gasteiger partial charge in [0.05, 0.1) is 10.5 Å². The number of hydrogen-bond donors (Lipinski definition) is 1. The van der Waals surface area contributed by atoms with Crippen molar-refractivity contribution in [2.24, 2.45) is 0 Å². The van der Waals surface area contributed by atoms with Gasteiger partial charge in [-0.3, -0.25) is 0 Å². The molecule has 0 amide bonds. The van der Waals surface area contributed by atoms with E-state index in [0.717, 1.165) is 0 Å². The molecular weight excluding hydrogens is 266 g/mol. The standard InChI is InChI=1S/C13H19NO4S/c1-4-9-14(10(2)3)19(17,18)12-8-6-5-7-11(12)13(15)16/h5-8,10H,4,9H2,1-3H3,(H,15,16). The van der Waals surface area contributed by atoms with Gasteiger partial charge in [-0.1, -0.05) is 19.1 Å². The van der Waals surface area contributed by atoms with Crippen LogP contribution in [0.2, 0.25) is 0 Å². The van der Waals surface area contributed by atoms with Gasteiger partial charge < -0.3 is 5.11 Å². The van der Waals surface area contributed by atoms with Gasteiger partial charge in [-0.2, -0.15) is 4.31 Å². The van der Waals surface area contributed by atoms with Crippen LogP contribution in [0.25, 0.3) is 0 Å². The molecule has 0 fully saturated rings. The molecule has 0 aromatic heterocycles. The summed E-state index contributed by atoms with van der Waals surface area (Å²) in [5, 5.41) is 9.10. The van der Waals surface area contributed by atoms with Crippen molar-refractivity contribution < 1.29 is 18.3 Å². The van der Waals surface area contributed by atoms with Gasteiger partial charge in [0.2, 0.25) is 10.0 Å². The zero-order valence-electron chi connectivity index (χ0n) is 11.3. The van der Waals surface area contributed by atoms with Crippen molar-refractivity contribution in [3.63, 3.8) is 0 Å². The Labute approximate surface area is 113 Å². The van der Waals surface area contributed by atoms with E-state index in [2.05, 4.69) is 0 Å². The molecule has 0 aliphatic carbocycles. The van der Waals surface area contributed by atoms with Crippen LogP contribution in [-0.2, 0) is 10.0 Å². The van der Waals surface area contributed by atoms with E-state index in [1.807, 2.05) is 6.92 Å². The van der Waals surface area contributed by atoms with E-state index < -0.39 is 16.0 Å². The van der Waals surface area contributed by atoms with E-state index in [4.69, 9.17) is 5.11 Å². The summed E-state index contributed by atoms with van der Waals surface area (Å²) in [6.45, 7) is 5.80. The minimum absolute atomic E-state index is 0.148. The van der Waals surface area contributed by atoms with E-state index in [-0.39, 0.29) is 16.5 Å². The zero-order chi connectivity index (χ0) is 14.6. The summed E-state index contributed by atoms with van der Waals surface area (Å²) in [6.07, 6.45) is 0.673. The molecule has 0 saturated carbocycles. The summed E-state index contributed by atoms with van der Waals surface area (Å²) in [5.74, 6) is -1.24. The molecule has 0 aliphatic rings. The molecule has 0 spiro atoms. The average Bonchev–Trinajstić information content (AvgIpc) is 2.35. The van der Waals surface area contributed by atoms with Gasteiger partial charge in [-0.15, -0.1) is 0 Å². The molecule has 0 heterocycles. The van der Waals surface area contributed by atoms with Gasteiger partial charge >= 0.3 is 5.97 Å². The van der Waals surface area contributed by atoms with E-state index in [1.54, 1.807) is 13.8 Å². The second-order valence-corrected chi connectivity index (χ2v) is 6.37. The van der Waals surface area contributed by atoms with E-state index >= 15 is 0 Å². The van der Waals surface area contributed by atoms with Crippen molar-refractivity contribution in [2.45, 2.75) is 38.1 Å². The van der Waals surface area contributed by atoms with E-state index in [1.165, 1.54) is 28.6 Å². The number of hydrogen-bond acceptors (Lipinski definition) is 3. The molecule has 19 heavy (non-hydrogen) atoms. The van der Waals surface area contributed by atoms with Crippen molar-refractivity contribution in [3.8, 4) is 0 Å². The molecule has 5 nitrogen and oxygen atoms in total. The van der Waals surface area contributed by atoms with Crippen LogP contribution < -0.4 is 0 Å². The lowest BCUT2D eigenvalue weighted by Crippen LogP contribution is -2.38. The lowest BCUT2D eigenvalue weighted by Gasteiger charge is -2.26. The second kappa shape index (κ2) is 6.16. The fourth-order valence-corrected chi connectivity index (χ4v) is 3.79. The topological polar surface area (TPSA) is 74.7 Å². The van der Waals surface area contributed by atoms with Crippen LogP contribution in [-0.4, -0.2) is 36.4 Å². The predicted molar refractivity (Wildman–Crippen MR) is 72.7 cm³/mol. The molecule has 0 radical (unpaired) electrons. The van der Waals surface area contributed by atoms with E-state index in [9.17, 15) is 13.2 Å². The number of carboxylic acids is 1. The Bertz CT molecular complexity index is 552. The summed E-state index contributed by atoms with van der Waals surface area (Å²) < 4.78 is 26.4.